The highest BCUT2D eigenvalue weighted by atomic mass is 16.5. The number of aromatic nitrogens is 2. The van der Waals surface area contributed by atoms with E-state index in [9.17, 15) is 0 Å². The molecule has 0 radical (unpaired) electrons. The Balaban J connectivity index is 1.75. The fourth-order valence-electron chi connectivity index (χ4n) is 3.02. The van der Waals surface area contributed by atoms with E-state index < -0.39 is 0 Å². The number of hydrogen-bond donors (Lipinski definition) is 2. The second kappa shape index (κ2) is 10.4. The topological polar surface area (TPSA) is 85.5 Å². The van der Waals surface area contributed by atoms with Crippen molar-refractivity contribution < 1.29 is 9.47 Å². The summed E-state index contributed by atoms with van der Waals surface area (Å²) in [5.74, 6) is 1.65. The molecule has 7 nitrogen and oxygen atoms in total. The molecule has 1 heterocycles. The molecule has 0 unspecified atom stereocenters. The van der Waals surface area contributed by atoms with Gasteiger partial charge in [0.1, 0.15) is 11.6 Å². The maximum Gasteiger partial charge on any atom is 0.222 e. The molecular formula is C22H27N5O2. The number of nitrogens with two attached hydrogens (primary N) is 1. The molecule has 3 N–H and O–H groups in total. The number of nitrogens with zero attached hydrogens (tertiary/aromatic N) is 3. The van der Waals surface area contributed by atoms with Gasteiger partial charge >= 0.3 is 0 Å². The SMILES string of the molecule is COCCN(Cc1ccccc1)Cc1cc(Nc2cccc(OC)c2)nc(N)n1. The van der Waals surface area contributed by atoms with Gasteiger partial charge in [0.15, 0.2) is 0 Å². The van der Waals surface area contributed by atoms with E-state index in [1.54, 1.807) is 14.2 Å². The molecule has 0 fully saturated rings. The number of hydrogen-bond acceptors (Lipinski definition) is 7. The molecule has 0 aliphatic carbocycles. The largest absolute Gasteiger partial charge is 0.497 e. The van der Waals surface area contributed by atoms with E-state index in [0.717, 1.165) is 30.2 Å². The van der Waals surface area contributed by atoms with Crippen LogP contribution in [-0.4, -0.2) is 42.2 Å². The van der Waals surface area contributed by atoms with Crippen LogP contribution in [0.5, 0.6) is 5.75 Å². The molecule has 0 saturated heterocycles. The summed E-state index contributed by atoms with van der Waals surface area (Å²) in [6.07, 6.45) is 0. The molecule has 29 heavy (non-hydrogen) atoms. The molecule has 0 atom stereocenters. The zero-order valence-corrected chi connectivity index (χ0v) is 16.8. The summed E-state index contributed by atoms with van der Waals surface area (Å²) >= 11 is 0. The number of anilines is 3. The lowest BCUT2D eigenvalue weighted by atomic mass is 10.2. The summed E-state index contributed by atoms with van der Waals surface area (Å²) < 4.78 is 10.5. The van der Waals surface area contributed by atoms with Gasteiger partial charge in [0, 0.05) is 44.6 Å². The van der Waals surface area contributed by atoms with E-state index in [-0.39, 0.29) is 5.95 Å². The molecule has 0 amide bonds. The molecule has 1 aromatic heterocycles. The number of methoxy groups -OCH3 is 2. The lowest BCUT2D eigenvalue weighted by Crippen LogP contribution is -2.27. The standard InChI is InChI=1S/C22H27N5O2/c1-28-12-11-27(15-17-7-4-3-5-8-17)16-19-14-21(26-22(23)25-19)24-18-9-6-10-20(13-18)29-2/h3-10,13-14H,11-12,15-16H2,1-2H3,(H3,23,24,25,26). The van der Waals surface area contributed by atoms with Crippen LogP contribution >= 0.6 is 0 Å². The van der Waals surface area contributed by atoms with Gasteiger partial charge in [0.2, 0.25) is 5.95 Å². The van der Waals surface area contributed by atoms with Crippen molar-refractivity contribution >= 4 is 17.5 Å². The van der Waals surface area contributed by atoms with Crippen LogP contribution in [0, 0.1) is 0 Å². The summed E-state index contributed by atoms with van der Waals surface area (Å²) in [5.41, 5.74) is 8.92. The predicted octanol–water partition coefficient (Wildman–Crippen LogP) is 3.46. The van der Waals surface area contributed by atoms with Crippen molar-refractivity contribution in [3.63, 3.8) is 0 Å². The van der Waals surface area contributed by atoms with Gasteiger partial charge in [-0.15, -0.1) is 0 Å². The summed E-state index contributed by atoms with van der Waals surface area (Å²) in [4.78, 5) is 11.0. The molecule has 3 rings (SSSR count). The predicted molar refractivity (Wildman–Crippen MR) is 115 cm³/mol. The molecule has 0 aliphatic heterocycles. The van der Waals surface area contributed by atoms with E-state index in [2.05, 4.69) is 32.3 Å². The van der Waals surface area contributed by atoms with Crippen LogP contribution in [0.15, 0.2) is 60.7 Å². The quantitative estimate of drug-likeness (QED) is 0.545. The second-order valence-electron chi connectivity index (χ2n) is 6.65. The van der Waals surface area contributed by atoms with Crippen molar-refractivity contribution in [1.82, 2.24) is 14.9 Å². The Labute approximate surface area is 171 Å². The smallest absolute Gasteiger partial charge is 0.222 e. The Morgan fingerprint density at radius 2 is 1.79 bits per heavy atom. The van der Waals surface area contributed by atoms with Crippen LogP contribution in [0.3, 0.4) is 0 Å². The molecule has 0 aliphatic rings. The Kier molecular flexibility index (Phi) is 7.38. The minimum absolute atomic E-state index is 0.235. The monoisotopic (exact) mass is 393 g/mol. The van der Waals surface area contributed by atoms with E-state index >= 15 is 0 Å². The van der Waals surface area contributed by atoms with Gasteiger partial charge in [-0.2, -0.15) is 4.98 Å². The van der Waals surface area contributed by atoms with Crippen LogP contribution in [0.25, 0.3) is 0 Å². The third-order valence-corrected chi connectivity index (χ3v) is 4.38. The molecule has 2 aromatic carbocycles. The molecule has 3 aromatic rings. The van der Waals surface area contributed by atoms with Crippen LogP contribution in [0.1, 0.15) is 11.3 Å². The maximum absolute atomic E-state index is 5.97. The molecular weight excluding hydrogens is 366 g/mol. The van der Waals surface area contributed by atoms with E-state index in [4.69, 9.17) is 15.2 Å². The van der Waals surface area contributed by atoms with Crippen LogP contribution in [-0.2, 0) is 17.8 Å². The van der Waals surface area contributed by atoms with E-state index in [0.29, 0.717) is 19.0 Å². The zero-order valence-electron chi connectivity index (χ0n) is 16.8. The average Bonchev–Trinajstić information content (AvgIpc) is 2.72. The van der Waals surface area contributed by atoms with Gasteiger partial charge in [-0.1, -0.05) is 36.4 Å². The number of ether oxygens (including phenoxy) is 2. The first kappa shape index (κ1) is 20.6. The normalized spacial score (nSPS) is 10.9. The average molecular weight is 393 g/mol. The van der Waals surface area contributed by atoms with E-state index in [1.165, 1.54) is 5.56 Å². The van der Waals surface area contributed by atoms with Crippen molar-refractivity contribution in [3.05, 3.63) is 71.9 Å². The highest BCUT2D eigenvalue weighted by molar-refractivity contribution is 5.59. The van der Waals surface area contributed by atoms with Gasteiger partial charge in [0.05, 0.1) is 19.4 Å². The summed E-state index contributed by atoms with van der Waals surface area (Å²) in [7, 11) is 3.35. The molecule has 152 valence electrons. The van der Waals surface area contributed by atoms with Crippen molar-refractivity contribution in [2.75, 3.05) is 38.4 Å². The summed E-state index contributed by atoms with van der Waals surface area (Å²) in [6.45, 7) is 2.86. The van der Waals surface area contributed by atoms with Crippen molar-refractivity contribution in [3.8, 4) is 5.75 Å². The number of nitrogen functional groups attached to an aromatic ring is 1. The van der Waals surface area contributed by atoms with E-state index in [1.807, 2.05) is 48.5 Å². The third kappa shape index (κ3) is 6.44. The van der Waals surface area contributed by atoms with Gasteiger partial charge in [-0.05, 0) is 17.7 Å². The summed E-state index contributed by atoms with van der Waals surface area (Å²) in [6, 6.07) is 19.9. The van der Waals surface area contributed by atoms with Crippen LogP contribution in [0.2, 0.25) is 0 Å². The minimum Gasteiger partial charge on any atom is -0.497 e. The van der Waals surface area contributed by atoms with Crippen molar-refractivity contribution in [2.45, 2.75) is 13.1 Å². The van der Waals surface area contributed by atoms with Crippen molar-refractivity contribution in [2.24, 2.45) is 0 Å². The Bertz CT molecular complexity index is 905. The first-order valence-electron chi connectivity index (χ1n) is 9.46. The lowest BCUT2D eigenvalue weighted by molar-refractivity contribution is 0.139. The fraction of sp³-hybridized carbons (Fsp3) is 0.273. The number of rotatable bonds is 10. The Morgan fingerprint density at radius 1 is 0.966 bits per heavy atom. The lowest BCUT2D eigenvalue weighted by Gasteiger charge is -2.22. The highest BCUT2D eigenvalue weighted by Gasteiger charge is 2.11. The van der Waals surface area contributed by atoms with Crippen LogP contribution < -0.4 is 15.8 Å². The fourth-order valence-corrected chi connectivity index (χ4v) is 3.02. The zero-order chi connectivity index (χ0) is 20.5. The number of nitrogens with one attached hydrogen (secondary N) is 1. The first-order valence-corrected chi connectivity index (χ1v) is 9.46. The maximum atomic E-state index is 5.97. The highest BCUT2D eigenvalue weighted by Crippen LogP contribution is 2.21. The Hall–Kier alpha value is -3.16. The third-order valence-electron chi connectivity index (χ3n) is 4.38. The van der Waals surface area contributed by atoms with Crippen LogP contribution in [0.4, 0.5) is 17.5 Å². The van der Waals surface area contributed by atoms with Gasteiger partial charge in [0.25, 0.3) is 0 Å². The number of benzene rings is 2. The minimum atomic E-state index is 0.235. The molecule has 0 saturated carbocycles. The molecule has 0 spiro atoms. The Morgan fingerprint density at radius 3 is 2.55 bits per heavy atom. The van der Waals surface area contributed by atoms with Gasteiger partial charge in [-0.25, -0.2) is 4.98 Å². The van der Waals surface area contributed by atoms with Gasteiger partial charge in [-0.3, -0.25) is 4.90 Å². The molecule has 0 bridgehead atoms. The first-order chi connectivity index (χ1) is 14.2. The summed E-state index contributed by atoms with van der Waals surface area (Å²) in [5, 5.41) is 3.27. The van der Waals surface area contributed by atoms with Crippen molar-refractivity contribution in [1.29, 1.82) is 0 Å². The van der Waals surface area contributed by atoms with Gasteiger partial charge < -0.3 is 20.5 Å². The second-order valence-corrected chi connectivity index (χ2v) is 6.65. The molecule has 7 heteroatoms.